The first-order valence-electron chi connectivity index (χ1n) is 5.55. The van der Waals surface area contributed by atoms with Crippen molar-refractivity contribution < 1.29 is 9.90 Å². The summed E-state index contributed by atoms with van der Waals surface area (Å²) < 4.78 is 0. The van der Waals surface area contributed by atoms with Crippen molar-refractivity contribution >= 4 is 5.78 Å². The average Bonchev–Trinajstić information content (AvgIpc) is 2.35. The number of fused-ring (bicyclic) bond motifs is 2. The van der Waals surface area contributed by atoms with Crippen LogP contribution in [-0.4, -0.2) is 17.0 Å². The maximum Gasteiger partial charge on any atom is 0.145 e. The van der Waals surface area contributed by atoms with Gasteiger partial charge in [-0.2, -0.15) is 0 Å². The molecular formula is C12H20O2. The molecule has 14 heavy (non-hydrogen) atoms. The van der Waals surface area contributed by atoms with Gasteiger partial charge in [0.2, 0.25) is 0 Å². The van der Waals surface area contributed by atoms with Crippen molar-refractivity contribution in [2.24, 2.45) is 22.7 Å². The van der Waals surface area contributed by atoms with Gasteiger partial charge in [-0.1, -0.05) is 20.8 Å². The van der Waals surface area contributed by atoms with Gasteiger partial charge in [-0.15, -0.1) is 0 Å². The number of hydrogen-bond donors (Lipinski definition) is 1. The molecule has 0 heterocycles. The van der Waals surface area contributed by atoms with Crippen molar-refractivity contribution in [1.82, 2.24) is 0 Å². The Balaban J connectivity index is 2.44. The summed E-state index contributed by atoms with van der Waals surface area (Å²) >= 11 is 0. The lowest BCUT2D eigenvalue weighted by molar-refractivity contribution is -0.134. The molecule has 0 spiro atoms. The van der Waals surface area contributed by atoms with Crippen molar-refractivity contribution in [3.05, 3.63) is 0 Å². The Hall–Kier alpha value is -0.370. The minimum atomic E-state index is -0.478. The number of aliphatic hydroxyl groups excluding tert-OH is 1. The van der Waals surface area contributed by atoms with E-state index in [1.807, 2.05) is 0 Å². The summed E-state index contributed by atoms with van der Waals surface area (Å²) in [5, 5.41) is 9.67. The Labute approximate surface area is 85.7 Å². The molecule has 0 radical (unpaired) electrons. The molecule has 2 heteroatoms. The van der Waals surface area contributed by atoms with E-state index in [1.165, 1.54) is 0 Å². The predicted octanol–water partition coefficient (Wildman–Crippen LogP) is 2.01. The van der Waals surface area contributed by atoms with Gasteiger partial charge in [-0.25, -0.2) is 0 Å². The standard InChI is InChI=1S/C12H20O2/c1-7(13)9-8-5-6-12(4,10(9)14)11(8,2)3/h7-9,13H,5-6H2,1-4H3/t7-,8-,9+,12+/m1/s1. The zero-order chi connectivity index (χ0) is 10.7. The summed E-state index contributed by atoms with van der Waals surface area (Å²) in [4.78, 5) is 12.2. The Morgan fingerprint density at radius 2 is 2.00 bits per heavy atom. The molecule has 0 aromatic rings. The Morgan fingerprint density at radius 1 is 1.43 bits per heavy atom. The summed E-state index contributed by atoms with van der Waals surface area (Å²) in [6.45, 7) is 8.20. The van der Waals surface area contributed by atoms with Crippen molar-refractivity contribution in [3.63, 3.8) is 0 Å². The van der Waals surface area contributed by atoms with E-state index in [-0.39, 0.29) is 16.7 Å². The van der Waals surface area contributed by atoms with Crippen LogP contribution in [0.2, 0.25) is 0 Å². The van der Waals surface area contributed by atoms with Crippen molar-refractivity contribution in [3.8, 4) is 0 Å². The topological polar surface area (TPSA) is 37.3 Å². The average molecular weight is 196 g/mol. The van der Waals surface area contributed by atoms with Crippen LogP contribution < -0.4 is 0 Å². The Morgan fingerprint density at radius 3 is 2.29 bits per heavy atom. The minimum Gasteiger partial charge on any atom is -0.393 e. The smallest absolute Gasteiger partial charge is 0.145 e. The van der Waals surface area contributed by atoms with Gasteiger partial charge in [0.25, 0.3) is 0 Å². The van der Waals surface area contributed by atoms with Gasteiger partial charge in [0.05, 0.1) is 6.10 Å². The van der Waals surface area contributed by atoms with Crippen LogP contribution in [0.25, 0.3) is 0 Å². The van der Waals surface area contributed by atoms with E-state index in [4.69, 9.17) is 0 Å². The SMILES string of the molecule is C[C@@H](O)[C@@H]1C(=O)[C@]2(C)CC[C@H]1C2(C)C. The lowest BCUT2D eigenvalue weighted by atomic mass is 9.70. The molecule has 2 fully saturated rings. The van der Waals surface area contributed by atoms with Gasteiger partial charge in [0.1, 0.15) is 5.78 Å². The van der Waals surface area contributed by atoms with Crippen molar-refractivity contribution in [1.29, 1.82) is 0 Å². The normalized spacial score (nSPS) is 47.1. The van der Waals surface area contributed by atoms with Crippen LogP contribution in [0.15, 0.2) is 0 Å². The highest BCUT2D eigenvalue weighted by atomic mass is 16.3. The fourth-order valence-corrected chi connectivity index (χ4v) is 3.71. The number of Topliss-reactive ketones (excluding diaryl/α,β-unsaturated/α-hetero) is 1. The largest absolute Gasteiger partial charge is 0.393 e. The summed E-state index contributed by atoms with van der Waals surface area (Å²) in [7, 11) is 0. The third-order valence-corrected chi connectivity index (χ3v) is 5.10. The number of hydrogen-bond acceptors (Lipinski definition) is 2. The second-order valence-electron chi connectivity index (χ2n) is 5.83. The zero-order valence-corrected chi connectivity index (χ0v) is 9.50. The van der Waals surface area contributed by atoms with Crippen LogP contribution >= 0.6 is 0 Å². The molecule has 0 amide bonds. The molecule has 2 aliphatic rings. The second-order valence-corrected chi connectivity index (χ2v) is 5.83. The molecule has 2 rings (SSSR count). The van der Waals surface area contributed by atoms with E-state index in [9.17, 15) is 9.90 Å². The minimum absolute atomic E-state index is 0.0751. The van der Waals surface area contributed by atoms with Crippen molar-refractivity contribution in [2.75, 3.05) is 0 Å². The van der Waals surface area contributed by atoms with Crippen LogP contribution in [-0.2, 0) is 4.79 Å². The maximum atomic E-state index is 12.2. The Kier molecular flexibility index (Phi) is 1.89. The lowest BCUT2D eigenvalue weighted by Gasteiger charge is -2.32. The van der Waals surface area contributed by atoms with E-state index >= 15 is 0 Å². The summed E-state index contributed by atoms with van der Waals surface area (Å²) in [5.41, 5.74) is -0.106. The highest BCUT2D eigenvalue weighted by Gasteiger charge is 2.66. The highest BCUT2D eigenvalue weighted by Crippen LogP contribution is 2.66. The zero-order valence-electron chi connectivity index (χ0n) is 9.50. The van der Waals surface area contributed by atoms with Gasteiger partial charge < -0.3 is 5.11 Å². The molecule has 2 saturated carbocycles. The molecule has 2 aliphatic carbocycles. The van der Waals surface area contributed by atoms with Gasteiger partial charge in [-0.05, 0) is 31.1 Å². The molecule has 1 N–H and O–H groups in total. The molecule has 0 aromatic heterocycles. The second kappa shape index (κ2) is 2.60. The van der Waals surface area contributed by atoms with Crippen LogP contribution in [0.5, 0.6) is 0 Å². The molecule has 0 saturated heterocycles. The lowest BCUT2D eigenvalue weighted by Crippen LogP contribution is -2.36. The Bertz CT molecular complexity index is 280. The first kappa shape index (κ1) is 10.2. The predicted molar refractivity (Wildman–Crippen MR) is 54.8 cm³/mol. The van der Waals surface area contributed by atoms with E-state index in [0.29, 0.717) is 11.7 Å². The number of rotatable bonds is 1. The maximum absolute atomic E-state index is 12.2. The van der Waals surface area contributed by atoms with E-state index in [1.54, 1.807) is 6.92 Å². The van der Waals surface area contributed by atoms with Crippen LogP contribution in [0.1, 0.15) is 40.5 Å². The van der Waals surface area contributed by atoms with Gasteiger partial charge >= 0.3 is 0 Å². The van der Waals surface area contributed by atoms with Crippen LogP contribution in [0.4, 0.5) is 0 Å². The molecule has 4 atom stereocenters. The fraction of sp³-hybridized carbons (Fsp3) is 0.917. The molecule has 2 nitrogen and oxygen atoms in total. The molecule has 2 bridgehead atoms. The number of carbonyl (C=O) groups is 1. The van der Waals surface area contributed by atoms with Gasteiger partial charge in [0, 0.05) is 11.3 Å². The summed E-state index contributed by atoms with van der Waals surface area (Å²) in [5.74, 6) is 0.581. The van der Waals surface area contributed by atoms with Gasteiger partial charge in [0.15, 0.2) is 0 Å². The number of carbonyl (C=O) groups excluding carboxylic acids is 1. The monoisotopic (exact) mass is 196 g/mol. The van der Waals surface area contributed by atoms with Crippen molar-refractivity contribution in [2.45, 2.75) is 46.6 Å². The van der Waals surface area contributed by atoms with Crippen LogP contribution in [0, 0.1) is 22.7 Å². The molecule has 0 aromatic carbocycles. The molecule has 0 aliphatic heterocycles. The third kappa shape index (κ3) is 0.881. The van der Waals surface area contributed by atoms with E-state index in [2.05, 4.69) is 20.8 Å². The van der Waals surface area contributed by atoms with E-state index in [0.717, 1.165) is 12.8 Å². The number of ketones is 1. The highest BCUT2D eigenvalue weighted by molar-refractivity contribution is 5.92. The quantitative estimate of drug-likeness (QED) is 0.696. The molecule has 0 unspecified atom stereocenters. The molecule has 80 valence electrons. The summed E-state index contributed by atoms with van der Waals surface area (Å²) in [6.07, 6.45) is 1.63. The number of aliphatic hydroxyl groups is 1. The summed E-state index contributed by atoms with van der Waals surface area (Å²) in [6, 6.07) is 0. The molecular weight excluding hydrogens is 176 g/mol. The van der Waals surface area contributed by atoms with Gasteiger partial charge in [-0.3, -0.25) is 4.79 Å². The van der Waals surface area contributed by atoms with E-state index < -0.39 is 6.10 Å². The first-order chi connectivity index (χ1) is 6.32. The first-order valence-corrected chi connectivity index (χ1v) is 5.55. The fourth-order valence-electron chi connectivity index (χ4n) is 3.71. The van der Waals surface area contributed by atoms with Crippen LogP contribution in [0.3, 0.4) is 0 Å². The third-order valence-electron chi connectivity index (χ3n) is 5.10.